The smallest absolute Gasteiger partial charge is 0.240 e. The number of piperidine rings is 1. The number of rotatable bonds is 4. The lowest BCUT2D eigenvalue weighted by atomic mass is 10.0. The van der Waals surface area contributed by atoms with E-state index in [4.69, 9.17) is 0 Å². The zero-order valence-electron chi connectivity index (χ0n) is 16.9. The molecular weight excluding hydrogens is 380 g/mol. The number of benzene rings is 1. The Bertz CT molecular complexity index is 824. The van der Waals surface area contributed by atoms with Crippen molar-refractivity contribution in [2.75, 3.05) is 37.8 Å². The average molecular weight is 411 g/mol. The molecular formula is C23H30N4OS. The predicted molar refractivity (Wildman–Crippen MR) is 119 cm³/mol. The zero-order chi connectivity index (χ0) is 19.6. The molecule has 1 amide bonds. The van der Waals surface area contributed by atoms with Gasteiger partial charge in [0.1, 0.15) is 0 Å². The van der Waals surface area contributed by atoms with Gasteiger partial charge in [-0.2, -0.15) is 0 Å². The summed E-state index contributed by atoms with van der Waals surface area (Å²) in [7, 11) is 0. The van der Waals surface area contributed by atoms with E-state index in [-0.39, 0.29) is 6.04 Å². The summed E-state index contributed by atoms with van der Waals surface area (Å²) in [6.45, 7) is 4.09. The van der Waals surface area contributed by atoms with Crippen LogP contribution < -0.4 is 5.32 Å². The maximum Gasteiger partial charge on any atom is 0.240 e. The van der Waals surface area contributed by atoms with Crippen molar-refractivity contribution in [2.45, 2.75) is 37.4 Å². The summed E-state index contributed by atoms with van der Waals surface area (Å²) in [5, 5.41) is 3.50. The van der Waals surface area contributed by atoms with Crippen LogP contribution in [0.4, 0.5) is 0 Å². The minimum absolute atomic E-state index is 0.0190. The molecule has 29 heavy (non-hydrogen) atoms. The van der Waals surface area contributed by atoms with Crippen LogP contribution in [-0.4, -0.2) is 70.2 Å². The number of carbonyl (C=O) groups excluding carboxylic acids is 1. The fraction of sp³-hybridized carbons (Fsp3) is 0.522. The molecule has 6 heteroatoms. The minimum Gasteiger partial charge on any atom is -0.344 e. The van der Waals surface area contributed by atoms with Crippen molar-refractivity contribution in [2.24, 2.45) is 0 Å². The van der Waals surface area contributed by atoms with Crippen molar-refractivity contribution in [3.05, 3.63) is 48.7 Å². The van der Waals surface area contributed by atoms with Crippen molar-refractivity contribution in [1.29, 1.82) is 0 Å². The standard InChI is InChI=1S/C23H30N4OS/c28-23(26-13-14-29-17-26)21-15-20(16-24-21)25-11-8-19(9-12-25)27-10-4-7-22(27)18-5-2-1-3-6-18/h1-7,10,19-21,24H,8-9,11-17H2/t20-,21-/m0/s1. The van der Waals surface area contributed by atoms with E-state index in [9.17, 15) is 4.79 Å². The average Bonchev–Trinajstić information content (AvgIpc) is 3.56. The van der Waals surface area contributed by atoms with Crippen LogP contribution >= 0.6 is 11.8 Å². The number of likely N-dealkylation sites (tertiary alicyclic amines) is 1. The quantitative estimate of drug-likeness (QED) is 0.841. The van der Waals surface area contributed by atoms with Gasteiger partial charge >= 0.3 is 0 Å². The molecule has 5 rings (SSSR count). The number of thioether (sulfide) groups is 1. The van der Waals surface area contributed by atoms with Gasteiger partial charge in [0.25, 0.3) is 0 Å². The summed E-state index contributed by atoms with van der Waals surface area (Å²) in [4.78, 5) is 17.3. The largest absolute Gasteiger partial charge is 0.344 e. The van der Waals surface area contributed by atoms with Crippen LogP contribution in [-0.2, 0) is 4.79 Å². The van der Waals surface area contributed by atoms with Crippen molar-refractivity contribution >= 4 is 17.7 Å². The third kappa shape index (κ3) is 3.98. The molecule has 0 saturated carbocycles. The molecule has 2 atom stereocenters. The van der Waals surface area contributed by atoms with Crippen molar-refractivity contribution in [3.8, 4) is 11.3 Å². The second kappa shape index (κ2) is 8.54. The summed E-state index contributed by atoms with van der Waals surface area (Å²) >= 11 is 1.86. The van der Waals surface area contributed by atoms with Gasteiger partial charge in [-0.3, -0.25) is 9.69 Å². The Balaban J connectivity index is 1.18. The maximum atomic E-state index is 12.7. The second-order valence-electron chi connectivity index (χ2n) is 8.42. The van der Waals surface area contributed by atoms with Crippen LogP contribution in [0.25, 0.3) is 11.3 Å². The molecule has 2 aromatic rings. The Morgan fingerprint density at radius 1 is 1.00 bits per heavy atom. The third-order valence-corrected chi connectivity index (χ3v) is 7.69. The highest BCUT2D eigenvalue weighted by molar-refractivity contribution is 7.99. The number of carbonyl (C=O) groups is 1. The van der Waals surface area contributed by atoms with Crippen LogP contribution in [0.2, 0.25) is 0 Å². The number of nitrogens with one attached hydrogen (secondary N) is 1. The summed E-state index contributed by atoms with van der Waals surface area (Å²) < 4.78 is 2.47. The highest BCUT2D eigenvalue weighted by Gasteiger charge is 2.37. The highest BCUT2D eigenvalue weighted by Crippen LogP contribution is 2.31. The number of aromatic nitrogens is 1. The molecule has 0 aliphatic carbocycles. The zero-order valence-corrected chi connectivity index (χ0v) is 17.7. The first-order valence-electron chi connectivity index (χ1n) is 10.9. The monoisotopic (exact) mass is 410 g/mol. The molecule has 0 spiro atoms. The fourth-order valence-electron chi connectivity index (χ4n) is 5.09. The van der Waals surface area contributed by atoms with Gasteiger partial charge in [0, 0.05) is 55.9 Å². The van der Waals surface area contributed by atoms with Gasteiger partial charge in [-0.1, -0.05) is 30.3 Å². The summed E-state index contributed by atoms with van der Waals surface area (Å²) in [6, 6.07) is 16.2. The van der Waals surface area contributed by atoms with E-state index >= 15 is 0 Å². The topological polar surface area (TPSA) is 40.5 Å². The Labute approximate surface area is 177 Å². The lowest BCUT2D eigenvalue weighted by Crippen LogP contribution is -2.43. The van der Waals surface area contributed by atoms with Crippen LogP contribution in [0.1, 0.15) is 25.3 Å². The molecule has 0 unspecified atom stereocenters. The van der Waals surface area contributed by atoms with Gasteiger partial charge in [-0.15, -0.1) is 11.8 Å². The van der Waals surface area contributed by atoms with Crippen LogP contribution in [0.15, 0.2) is 48.7 Å². The highest BCUT2D eigenvalue weighted by atomic mass is 32.2. The lowest BCUT2D eigenvalue weighted by molar-refractivity contribution is -0.131. The molecule has 154 valence electrons. The van der Waals surface area contributed by atoms with Crippen LogP contribution in [0.5, 0.6) is 0 Å². The van der Waals surface area contributed by atoms with Gasteiger partial charge < -0.3 is 14.8 Å². The number of nitrogens with zero attached hydrogens (tertiary/aromatic N) is 3. The lowest BCUT2D eigenvalue weighted by Gasteiger charge is -2.37. The van der Waals surface area contributed by atoms with Crippen LogP contribution in [0.3, 0.4) is 0 Å². The first kappa shape index (κ1) is 19.2. The molecule has 4 heterocycles. The van der Waals surface area contributed by atoms with E-state index in [0.717, 1.165) is 44.2 Å². The van der Waals surface area contributed by atoms with Crippen molar-refractivity contribution in [1.82, 2.24) is 19.7 Å². The molecule has 3 fully saturated rings. The molecule has 1 aromatic heterocycles. The third-order valence-electron chi connectivity index (χ3n) is 6.73. The Hall–Kier alpha value is -1.76. The van der Waals surface area contributed by atoms with E-state index < -0.39 is 0 Å². The normalized spacial score (nSPS) is 26.3. The first-order chi connectivity index (χ1) is 14.3. The molecule has 3 saturated heterocycles. The minimum atomic E-state index is 0.0190. The van der Waals surface area contributed by atoms with Gasteiger partial charge in [0.15, 0.2) is 0 Å². The molecule has 3 aliphatic rings. The van der Waals surface area contributed by atoms with Crippen LogP contribution in [0, 0.1) is 0 Å². The van der Waals surface area contributed by atoms with E-state index in [0.29, 0.717) is 18.0 Å². The van der Waals surface area contributed by atoms with E-state index in [1.165, 1.54) is 24.1 Å². The summed E-state index contributed by atoms with van der Waals surface area (Å²) in [5.74, 6) is 2.26. The number of amides is 1. The van der Waals surface area contributed by atoms with Gasteiger partial charge in [0.05, 0.1) is 11.9 Å². The molecule has 1 N–H and O–H groups in total. The van der Waals surface area contributed by atoms with Gasteiger partial charge in [0.2, 0.25) is 5.91 Å². The second-order valence-corrected chi connectivity index (χ2v) is 9.50. The summed E-state index contributed by atoms with van der Waals surface area (Å²) in [5.41, 5.74) is 2.61. The SMILES string of the molecule is O=C([C@@H]1C[C@H](N2CCC(n3cccc3-c3ccccc3)CC2)CN1)N1CCSC1. The molecule has 0 bridgehead atoms. The Kier molecular flexibility index (Phi) is 5.66. The van der Waals surface area contributed by atoms with Gasteiger partial charge in [-0.05, 0) is 37.0 Å². The van der Waals surface area contributed by atoms with Gasteiger partial charge in [-0.25, -0.2) is 0 Å². The first-order valence-corrected chi connectivity index (χ1v) is 12.0. The van der Waals surface area contributed by atoms with E-state index in [1.54, 1.807) is 0 Å². The molecule has 3 aliphatic heterocycles. The molecule has 0 radical (unpaired) electrons. The Morgan fingerprint density at radius 3 is 2.59 bits per heavy atom. The predicted octanol–water partition coefficient (Wildman–Crippen LogP) is 3.06. The van der Waals surface area contributed by atoms with Crippen molar-refractivity contribution < 1.29 is 4.79 Å². The fourth-order valence-corrected chi connectivity index (χ4v) is 6.04. The Morgan fingerprint density at radius 2 is 1.83 bits per heavy atom. The number of hydrogen-bond acceptors (Lipinski definition) is 4. The van der Waals surface area contributed by atoms with Crippen molar-refractivity contribution in [3.63, 3.8) is 0 Å². The molecule has 1 aromatic carbocycles. The van der Waals surface area contributed by atoms with E-state index in [2.05, 4.69) is 63.4 Å². The maximum absolute atomic E-state index is 12.7. The van der Waals surface area contributed by atoms with E-state index in [1.807, 2.05) is 16.7 Å². The summed E-state index contributed by atoms with van der Waals surface area (Å²) in [6.07, 6.45) is 5.55. The number of hydrogen-bond donors (Lipinski definition) is 1. The molecule has 5 nitrogen and oxygen atoms in total.